The molecule has 0 aromatic rings. The highest BCUT2D eigenvalue weighted by atomic mass is 31.2. The van der Waals surface area contributed by atoms with Gasteiger partial charge in [0.15, 0.2) is 6.10 Å². The zero-order chi connectivity index (χ0) is 39.1. The van der Waals surface area contributed by atoms with Crippen molar-refractivity contribution in [2.75, 3.05) is 26.4 Å². The topological polar surface area (TPSA) is 149 Å². The van der Waals surface area contributed by atoms with Gasteiger partial charge in [-0.05, 0) is 51.4 Å². The molecule has 53 heavy (non-hydrogen) atoms. The fourth-order valence-electron chi connectivity index (χ4n) is 4.84. The summed E-state index contributed by atoms with van der Waals surface area (Å²) >= 11 is 0. The second kappa shape index (κ2) is 37.7. The van der Waals surface area contributed by atoms with Crippen LogP contribution in [0.3, 0.4) is 0 Å². The Morgan fingerprint density at radius 3 is 1.53 bits per heavy atom. The third-order valence-electron chi connectivity index (χ3n) is 7.89. The Morgan fingerprint density at radius 2 is 1.04 bits per heavy atom. The molecule has 0 aromatic heterocycles. The van der Waals surface area contributed by atoms with Crippen molar-refractivity contribution in [3.05, 3.63) is 72.9 Å². The van der Waals surface area contributed by atoms with E-state index < -0.39 is 51.8 Å². The second-order valence-corrected chi connectivity index (χ2v) is 14.4. The van der Waals surface area contributed by atoms with Crippen LogP contribution in [0.15, 0.2) is 72.9 Å². The lowest BCUT2D eigenvalue weighted by atomic mass is 10.1. The van der Waals surface area contributed by atoms with Gasteiger partial charge in [-0.2, -0.15) is 0 Å². The summed E-state index contributed by atoms with van der Waals surface area (Å²) in [6.45, 7) is 2.14. The summed E-state index contributed by atoms with van der Waals surface area (Å²) in [4.78, 5) is 34.8. The van der Waals surface area contributed by atoms with E-state index in [9.17, 15) is 24.2 Å². The Hall–Kier alpha value is -2.59. The number of esters is 2. The predicted molar refractivity (Wildman–Crippen MR) is 214 cm³/mol. The fraction of sp³-hybridized carbons (Fsp3) is 0.667. The van der Waals surface area contributed by atoms with E-state index in [4.69, 9.17) is 19.1 Å². The van der Waals surface area contributed by atoms with Crippen molar-refractivity contribution < 1.29 is 47.8 Å². The molecule has 10 nitrogen and oxygen atoms in total. The summed E-state index contributed by atoms with van der Waals surface area (Å²) < 4.78 is 32.5. The average molecular weight is 767 g/mol. The van der Waals surface area contributed by atoms with Gasteiger partial charge < -0.3 is 24.6 Å². The minimum atomic E-state index is -4.63. The molecule has 3 unspecified atom stereocenters. The molecule has 3 N–H and O–H groups in total. The van der Waals surface area contributed by atoms with Gasteiger partial charge in [0.05, 0.1) is 19.8 Å². The summed E-state index contributed by atoms with van der Waals surface area (Å²) in [5, 5.41) is 18.3. The van der Waals surface area contributed by atoms with Crippen molar-refractivity contribution in [3.8, 4) is 0 Å². The molecule has 3 atom stereocenters. The molecule has 0 amide bonds. The number of carbonyl (C=O) groups excluding carboxylic acids is 2. The molecular formula is C42H71O10P. The molecule has 0 aliphatic rings. The first-order valence-corrected chi connectivity index (χ1v) is 21.4. The largest absolute Gasteiger partial charge is 0.472 e. The first-order valence-electron chi connectivity index (χ1n) is 19.9. The molecule has 0 aromatic carbocycles. The van der Waals surface area contributed by atoms with Crippen LogP contribution >= 0.6 is 7.82 Å². The van der Waals surface area contributed by atoms with Crippen molar-refractivity contribution in [2.24, 2.45) is 0 Å². The maximum Gasteiger partial charge on any atom is 0.472 e. The average Bonchev–Trinajstić information content (AvgIpc) is 3.14. The number of phosphoric acid groups is 1. The summed E-state index contributed by atoms with van der Waals surface area (Å²) in [7, 11) is -4.63. The van der Waals surface area contributed by atoms with Gasteiger partial charge in [0, 0.05) is 12.8 Å². The predicted octanol–water partition coefficient (Wildman–Crippen LogP) is 10.1. The van der Waals surface area contributed by atoms with Gasteiger partial charge in [0.2, 0.25) is 0 Å². The molecule has 11 heteroatoms. The summed E-state index contributed by atoms with van der Waals surface area (Å²) in [5.41, 5.74) is 0. The van der Waals surface area contributed by atoms with Crippen LogP contribution in [-0.2, 0) is 32.7 Å². The Balaban J connectivity index is 4.49. The van der Waals surface area contributed by atoms with Gasteiger partial charge in [0.1, 0.15) is 12.7 Å². The van der Waals surface area contributed by atoms with E-state index in [0.717, 1.165) is 57.8 Å². The van der Waals surface area contributed by atoms with E-state index in [1.807, 2.05) is 12.2 Å². The molecule has 0 spiro atoms. The summed E-state index contributed by atoms with van der Waals surface area (Å²) in [6.07, 6.45) is 41.7. The van der Waals surface area contributed by atoms with Crippen LogP contribution in [0.25, 0.3) is 0 Å². The van der Waals surface area contributed by atoms with E-state index in [0.29, 0.717) is 12.8 Å². The molecule has 0 aliphatic carbocycles. The zero-order valence-electron chi connectivity index (χ0n) is 32.7. The van der Waals surface area contributed by atoms with Gasteiger partial charge in [0.25, 0.3) is 0 Å². The Morgan fingerprint density at radius 1 is 0.585 bits per heavy atom. The third-order valence-corrected chi connectivity index (χ3v) is 8.84. The number of hydrogen-bond acceptors (Lipinski definition) is 9. The van der Waals surface area contributed by atoms with Gasteiger partial charge in [-0.25, -0.2) is 4.57 Å². The third kappa shape index (κ3) is 37.5. The smallest absolute Gasteiger partial charge is 0.462 e. The van der Waals surface area contributed by atoms with Crippen molar-refractivity contribution in [2.45, 2.75) is 154 Å². The van der Waals surface area contributed by atoms with Crippen LogP contribution in [0.1, 0.15) is 142 Å². The molecule has 0 aliphatic heterocycles. The van der Waals surface area contributed by atoms with E-state index in [1.54, 1.807) is 0 Å². The number of unbranched alkanes of at least 4 members (excludes halogenated alkanes) is 10. The molecular weight excluding hydrogens is 695 g/mol. The lowest BCUT2D eigenvalue weighted by Gasteiger charge is -2.20. The number of hydrogen-bond donors (Lipinski definition) is 3. The second-order valence-electron chi connectivity index (χ2n) is 12.9. The number of rotatable bonds is 36. The fourth-order valence-corrected chi connectivity index (χ4v) is 5.63. The number of aliphatic hydroxyl groups is 2. The van der Waals surface area contributed by atoms with Crippen molar-refractivity contribution >= 4 is 19.8 Å². The quantitative estimate of drug-likeness (QED) is 0.0243. The van der Waals surface area contributed by atoms with Crippen LogP contribution < -0.4 is 0 Å². The number of phosphoric ester groups is 1. The van der Waals surface area contributed by atoms with Crippen LogP contribution in [0.5, 0.6) is 0 Å². The van der Waals surface area contributed by atoms with E-state index in [1.165, 1.54) is 44.9 Å². The SMILES string of the molecule is CC/C=C\C/C=C\C/C=C\C/C=C\C/C=C\C/C=C\CCC(=O)OC(COC(=O)CCCCCCCCCCCCC)COP(=O)(O)OCC(O)CO. The standard InChI is InChI=1S/C42H71O10P/c1-3-5-7-9-11-13-15-16-17-18-19-20-21-22-24-26-28-30-32-34-42(46)52-40(38-51-53(47,48)50-36-39(44)35-43)37-49-41(45)33-31-29-27-25-23-14-12-10-8-6-4-2/h5,7,11,13,16-17,19-20,22,24,28,30,39-40,43-44H,3-4,6,8-10,12,14-15,18,21,23,25-27,29,31-38H2,1-2H3,(H,47,48)/b7-5-,13-11-,17-16-,20-19-,24-22-,30-28-. The van der Waals surface area contributed by atoms with Gasteiger partial charge >= 0.3 is 19.8 Å². The Labute approximate surface area is 320 Å². The van der Waals surface area contributed by atoms with Crippen molar-refractivity contribution in [3.63, 3.8) is 0 Å². The highest BCUT2D eigenvalue weighted by Gasteiger charge is 2.27. The van der Waals surface area contributed by atoms with E-state index in [2.05, 4.69) is 79.1 Å². The Bertz CT molecular complexity index is 1110. The maximum absolute atomic E-state index is 12.5. The normalized spacial score (nSPS) is 14.7. The molecule has 0 saturated heterocycles. The van der Waals surface area contributed by atoms with Crippen molar-refractivity contribution in [1.29, 1.82) is 0 Å². The number of carbonyl (C=O) groups is 2. The highest BCUT2D eigenvalue weighted by molar-refractivity contribution is 7.47. The number of aliphatic hydroxyl groups excluding tert-OH is 2. The zero-order valence-corrected chi connectivity index (χ0v) is 33.6. The van der Waals surface area contributed by atoms with Crippen LogP contribution in [0.2, 0.25) is 0 Å². The van der Waals surface area contributed by atoms with Crippen molar-refractivity contribution in [1.82, 2.24) is 0 Å². The molecule has 0 heterocycles. The number of allylic oxidation sites excluding steroid dienone is 12. The van der Waals surface area contributed by atoms with Crippen LogP contribution in [-0.4, -0.2) is 65.7 Å². The minimum absolute atomic E-state index is 0.0569. The van der Waals surface area contributed by atoms with Crippen LogP contribution in [0.4, 0.5) is 0 Å². The lowest BCUT2D eigenvalue weighted by Crippen LogP contribution is -2.29. The summed E-state index contributed by atoms with van der Waals surface area (Å²) in [6, 6.07) is 0. The molecule has 0 saturated carbocycles. The Kier molecular flexibility index (Phi) is 35.9. The molecule has 0 fully saturated rings. The van der Waals surface area contributed by atoms with E-state index >= 15 is 0 Å². The lowest BCUT2D eigenvalue weighted by molar-refractivity contribution is -0.161. The monoisotopic (exact) mass is 766 g/mol. The van der Waals surface area contributed by atoms with E-state index in [-0.39, 0.29) is 19.4 Å². The number of ether oxygens (including phenoxy) is 2. The van der Waals surface area contributed by atoms with Gasteiger partial charge in [-0.3, -0.25) is 18.6 Å². The van der Waals surface area contributed by atoms with Gasteiger partial charge in [-0.15, -0.1) is 0 Å². The molecule has 0 rings (SSSR count). The van der Waals surface area contributed by atoms with Gasteiger partial charge in [-0.1, -0.05) is 151 Å². The van der Waals surface area contributed by atoms with Crippen LogP contribution in [0, 0.1) is 0 Å². The molecule has 0 bridgehead atoms. The minimum Gasteiger partial charge on any atom is -0.462 e. The maximum atomic E-state index is 12.5. The molecule has 304 valence electrons. The highest BCUT2D eigenvalue weighted by Crippen LogP contribution is 2.43. The first-order chi connectivity index (χ1) is 25.7. The summed E-state index contributed by atoms with van der Waals surface area (Å²) in [5.74, 6) is -1.03. The molecule has 0 radical (unpaired) electrons. The first kappa shape index (κ1) is 50.4.